The van der Waals surface area contributed by atoms with Gasteiger partial charge < -0.3 is 10.5 Å². The average molecular weight is 396 g/mol. The zero-order chi connectivity index (χ0) is 18.2. The molecule has 0 amide bonds. The monoisotopic (exact) mass is 395 g/mol. The van der Waals surface area contributed by atoms with Gasteiger partial charge in [0.25, 0.3) is 0 Å². The Kier molecular flexibility index (Phi) is 5.80. The van der Waals surface area contributed by atoms with Crippen LogP contribution in [0.25, 0.3) is 0 Å². The van der Waals surface area contributed by atoms with Gasteiger partial charge in [-0.05, 0) is 43.0 Å². The molecule has 2 aromatic carbocycles. The predicted molar refractivity (Wildman–Crippen MR) is 103 cm³/mol. The Hall–Kier alpha value is -1.89. The third-order valence-electron chi connectivity index (χ3n) is 4.49. The van der Waals surface area contributed by atoms with E-state index in [1.807, 2.05) is 30.3 Å². The highest BCUT2D eigenvalue weighted by atomic mass is 35.5. The van der Waals surface area contributed by atoms with Gasteiger partial charge in [-0.2, -0.15) is 0 Å². The minimum Gasteiger partial charge on any atom is -0.488 e. The summed E-state index contributed by atoms with van der Waals surface area (Å²) in [4.78, 5) is 12.6. The maximum atomic E-state index is 12.5. The number of fused-ring (bicyclic) bond motifs is 1. The molecule has 2 aromatic rings. The van der Waals surface area contributed by atoms with E-state index in [2.05, 4.69) is 0 Å². The summed E-state index contributed by atoms with van der Waals surface area (Å²) in [6.07, 6.45) is 1.97. The number of ether oxygens (including phenoxy) is 1. The molecule has 1 atom stereocenters. The van der Waals surface area contributed by atoms with Gasteiger partial charge >= 0.3 is 0 Å². The molecule has 0 saturated heterocycles. The molecule has 0 radical (unpaired) electrons. The first-order valence-corrected chi connectivity index (χ1v) is 9.95. The summed E-state index contributed by atoms with van der Waals surface area (Å²) in [6.45, 7) is 1.93. The maximum Gasteiger partial charge on any atom is 0.182 e. The van der Waals surface area contributed by atoms with E-state index < -0.39 is 15.4 Å². The van der Waals surface area contributed by atoms with Crippen LogP contribution in [-0.4, -0.2) is 26.0 Å². The molecule has 0 fully saturated rings. The van der Waals surface area contributed by atoms with Crippen molar-refractivity contribution in [1.82, 2.24) is 0 Å². The first-order chi connectivity index (χ1) is 11.7. The van der Waals surface area contributed by atoms with Gasteiger partial charge in [0.1, 0.15) is 17.3 Å². The number of rotatable bonds is 4. The lowest BCUT2D eigenvalue weighted by molar-refractivity contribution is 0.0880. The summed E-state index contributed by atoms with van der Waals surface area (Å²) in [5.41, 5.74) is 6.90. The molecule has 0 spiro atoms. The quantitative estimate of drug-likeness (QED) is 0.860. The topological polar surface area (TPSA) is 86.5 Å². The average Bonchev–Trinajstić information content (AvgIpc) is 2.56. The van der Waals surface area contributed by atoms with Gasteiger partial charge in [-0.1, -0.05) is 30.3 Å². The SMILES string of the molecule is CC1(N)CCc2c(ccc(OCc3ccccc3)c2S(C)(=O)=O)C1=O.Cl. The predicted octanol–water partition coefficient (Wildman–Crippen LogP) is 2.94. The van der Waals surface area contributed by atoms with Crippen molar-refractivity contribution in [3.05, 3.63) is 59.2 Å². The Bertz CT molecular complexity index is 924. The van der Waals surface area contributed by atoms with E-state index in [9.17, 15) is 13.2 Å². The van der Waals surface area contributed by atoms with Crippen LogP contribution in [0, 0.1) is 0 Å². The highest BCUT2D eigenvalue weighted by Crippen LogP contribution is 2.37. The van der Waals surface area contributed by atoms with Crippen LogP contribution >= 0.6 is 12.4 Å². The Balaban J connectivity index is 0.00000243. The Morgan fingerprint density at radius 1 is 1.15 bits per heavy atom. The second-order valence-electron chi connectivity index (χ2n) is 6.71. The second-order valence-corrected chi connectivity index (χ2v) is 8.66. The van der Waals surface area contributed by atoms with Crippen LogP contribution in [0.3, 0.4) is 0 Å². The fraction of sp³-hybridized carbons (Fsp3) is 0.316. The standard InChI is InChI=1S/C19H21NO4S.ClH/c1-19(20)11-10-14-15(18(19)21)8-9-16(17(14)25(2,22)23)24-12-13-6-4-3-5-7-13;/h3-9H,10-12,20H2,1-2H3;1H. The van der Waals surface area contributed by atoms with Crippen molar-refractivity contribution in [1.29, 1.82) is 0 Å². The molecule has 0 aromatic heterocycles. The molecule has 2 N–H and O–H groups in total. The minimum atomic E-state index is -3.56. The van der Waals surface area contributed by atoms with E-state index in [1.54, 1.807) is 19.1 Å². The number of carbonyl (C=O) groups is 1. The number of carbonyl (C=O) groups excluding carboxylic acids is 1. The van der Waals surface area contributed by atoms with Gasteiger partial charge in [-0.15, -0.1) is 12.4 Å². The van der Waals surface area contributed by atoms with Gasteiger partial charge in [-0.3, -0.25) is 4.79 Å². The van der Waals surface area contributed by atoms with Crippen molar-refractivity contribution < 1.29 is 17.9 Å². The number of halogens is 1. The third kappa shape index (κ3) is 3.92. The van der Waals surface area contributed by atoms with E-state index in [0.717, 1.165) is 11.8 Å². The fourth-order valence-corrected chi connectivity index (χ4v) is 4.28. The van der Waals surface area contributed by atoms with E-state index >= 15 is 0 Å². The summed E-state index contributed by atoms with van der Waals surface area (Å²) in [6, 6.07) is 12.7. The van der Waals surface area contributed by atoms with Crippen LogP contribution in [0.15, 0.2) is 47.4 Å². The van der Waals surface area contributed by atoms with Gasteiger partial charge in [-0.25, -0.2) is 8.42 Å². The summed E-state index contributed by atoms with van der Waals surface area (Å²) < 4.78 is 30.5. The Labute approximate surface area is 159 Å². The molecule has 1 aliphatic rings. The summed E-state index contributed by atoms with van der Waals surface area (Å²) in [7, 11) is -3.56. The number of benzene rings is 2. The molecule has 7 heteroatoms. The zero-order valence-corrected chi connectivity index (χ0v) is 16.3. The van der Waals surface area contributed by atoms with Crippen LogP contribution in [-0.2, 0) is 22.9 Å². The molecule has 26 heavy (non-hydrogen) atoms. The van der Waals surface area contributed by atoms with Crippen molar-refractivity contribution in [2.75, 3.05) is 6.26 Å². The van der Waals surface area contributed by atoms with E-state index in [0.29, 0.717) is 24.0 Å². The van der Waals surface area contributed by atoms with Crippen LogP contribution in [0.2, 0.25) is 0 Å². The van der Waals surface area contributed by atoms with E-state index in [1.165, 1.54) is 0 Å². The largest absolute Gasteiger partial charge is 0.488 e. The number of hydrogen-bond donors (Lipinski definition) is 1. The number of Topliss-reactive ketones (excluding diaryl/α,β-unsaturated/α-hetero) is 1. The smallest absolute Gasteiger partial charge is 0.182 e. The number of sulfone groups is 1. The summed E-state index contributed by atoms with van der Waals surface area (Å²) in [5.74, 6) is 0.0480. The molecule has 1 aliphatic carbocycles. The lowest BCUT2D eigenvalue weighted by atomic mass is 9.78. The van der Waals surface area contributed by atoms with E-state index in [-0.39, 0.29) is 35.4 Å². The van der Waals surface area contributed by atoms with Gasteiger partial charge in [0.05, 0.1) is 5.54 Å². The highest BCUT2D eigenvalue weighted by molar-refractivity contribution is 7.90. The summed E-state index contributed by atoms with van der Waals surface area (Å²) >= 11 is 0. The normalized spacial score (nSPS) is 19.4. The molecule has 1 unspecified atom stereocenters. The van der Waals surface area contributed by atoms with Gasteiger partial charge in [0.15, 0.2) is 15.6 Å². The first kappa shape index (κ1) is 20.4. The molecular formula is C19H22ClNO4S. The molecule has 140 valence electrons. The Morgan fingerprint density at radius 2 is 1.81 bits per heavy atom. The molecule has 0 aliphatic heterocycles. The van der Waals surface area contributed by atoms with Gasteiger partial charge in [0.2, 0.25) is 0 Å². The molecule has 3 rings (SSSR count). The van der Waals surface area contributed by atoms with Crippen molar-refractivity contribution in [2.45, 2.75) is 36.8 Å². The van der Waals surface area contributed by atoms with Crippen molar-refractivity contribution in [2.24, 2.45) is 5.73 Å². The van der Waals surface area contributed by atoms with Crippen LogP contribution in [0.5, 0.6) is 5.75 Å². The first-order valence-electron chi connectivity index (χ1n) is 8.06. The third-order valence-corrected chi connectivity index (χ3v) is 5.68. The number of hydrogen-bond acceptors (Lipinski definition) is 5. The van der Waals surface area contributed by atoms with Crippen molar-refractivity contribution >= 4 is 28.0 Å². The van der Waals surface area contributed by atoms with Gasteiger partial charge in [0, 0.05) is 11.8 Å². The number of nitrogens with two attached hydrogens (primary N) is 1. The van der Waals surface area contributed by atoms with Crippen molar-refractivity contribution in [3.63, 3.8) is 0 Å². The molecule has 0 bridgehead atoms. The van der Waals surface area contributed by atoms with Crippen LogP contribution in [0.4, 0.5) is 0 Å². The van der Waals surface area contributed by atoms with Crippen molar-refractivity contribution in [3.8, 4) is 5.75 Å². The van der Waals surface area contributed by atoms with Crippen LogP contribution in [0.1, 0.15) is 34.8 Å². The van der Waals surface area contributed by atoms with E-state index in [4.69, 9.17) is 10.5 Å². The second kappa shape index (κ2) is 7.39. The zero-order valence-electron chi connectivity index (χ0n) is 14.7. The molecule has 0 saturated carbocycles. The minimum absolute atomic E-state index is 0. The van der Waals surface area contributed by atoms with Crippen LogP contribution < -0.4 is 10.5 Å². The summed E-state index contributed by atoms with van der Waals surface area (Å²) in [5, 5.41) is 0. The highest BCUT2D eigenvalue weighted by Gasteiger charge is 2.38. The molecular weight excluding hydrogens is 374 g/mol. The number of ketones is 1. The molecule has 5 nitrogen and oxygen atoms in total. The molecule has 0 heterocycles. The lowest BCUT2D eigenvalue weighted by Crippen LogP contribution is -2.48. The lowest BCUT2D eigenvalue weighted by Gasteiger charge is -2.31. The maximum absolute atomic E-state index is 12.5. The fourth-order valence-electron chi connectivity index (χ4n) is 3.13. The Morgan fingerprint density at radius 3 is 2.42 bits per heavy atom.